The molecule has 3 aromatic rings. The number of H-pyrrole nitrogens is 1. The standard InChI is InChI=1S/C15H13FN2S/c1-9-4-3-5-13(10(9)2)18-14-8-11(16)6-7-12(14)17-15(18)19/h3-8H,1-2H3,(H,17,19). The molecule has 0 aliphatic rings. The topological polar surface area (TPSA) is 20.7 Å². The minimum atomic E-state index is -0.263. The zero-order valence-electron chi connectivity index (χ0n) is 10.7. The van der Waals surface area contributed by atoms with E-state index in [9.17, 15) is 4.39 Å². The van der Waals surface area contributed by atoms with Crippen molar-refractivity contribution in [3.05, 3.63) is 58.1 Å². The van der Waals surface area contributed by atoms with Gasteiger partial charge in [0.15, 0.2) is 4.77 Å². The van der Waals surface area contributed by atoms with Crippen molar-refractivity contribution in [3.8, 4) is 5.69 Å². The number of hydrogen-bond donors (Lipinski definition) is 1. The van der Waals surface area contributed by atoms with Gasteiger partial charge in [-0.2, -0.15) is 0 Å². The van der Waals surface area contributed by atoms with Crippen LogP contribution in [0.5, 0.6) is 0 Å². The van der Waals surface area contributed by atoms with Crippen LogP contribution >= 0.6 is 12.2 Å². The number of aryl methyl sites for hydroxylation is 1. The van der Waals surface area contributed by atoms with Crippen LogP contribution in [-0.4, -0.2) is 9.55 Å². The Morgan fingerprint density at radius 3 is 2.74 bits per heavy atom. The lowest BCUT2D eigenvalue weighted by Gasteiger charge is -2.10. The zero-order valence-corrected chi connectivity index (χ0v) is 11.5. The number of aromatic amines is 1. The van der Waals surface area contributed by atoms with Gasteiger partial charge in [-0.1, -0.05) is 12.1 Å². The maximum absolute atomic E-state index is 13.5. The Morgan fingerprint density at radius 1 is 1.16 bits per heavy atom. The van der Waals surface area contributed by atoms with Crippen LogP contribution in [-0.2, 0) is 0 Å². The first-order valence-electron chi connectivity index (χ1n) is 6.05. The monoisotopic (exact) mass is 272 g/mol. The third-order valence-electron chi connectivity index (χ3n) is 3.46. The lowest BCUT2D eigenvalue weighted by Crippen LogP contribution is -1.98. The van der Waals surface area contributed by atoms with Crippen LogP contribution in [0.1, 0.15) is 11.1 Å². The molecule has 0 saturated heterocycles. The molecule has 1 aromatic heterocycles. The van der Waals surface area contributed by atoms with Gasteiger partial charge in [0.1, 0.15) is 5.82 Å². The summed E-state index contributed by atoms with van der Waals surface area (Å²) < 4.78 is 15.9. The van der Waals surface area contributed by atoms with E-state index in [1.54, 1.807) is 6.07 Å². The highest BCUT2D eigenvalue weighted by Gasteiger charge is 2.10. The highest BCUT2D eigenvalue weighted by atomic mass is 32.1. The molecule has 4 heteroatoms. The molecule has 0 unspecified atom stereocenters. The molecule has 0 amide bonds. The number of fused-ring (bicyclic) bond motifs is 1. The van der Waals surface area contributed by atoms with E-state index >= 15 is 0 Å². The van der Waals surface area contributed by atoms with Crippen LogP contribution in [0.4, 0.5) is 4.39 Å². The van der Waals surface area contributed by atoms with Crippen molar-refractivity contribution in [1.29, 1.82) is 0 Å². The van der Waals surface area contributed by atoms with E-state index in [-0.39, 0.29) is 5.82 Å². The van der Waals surface area contributed by atoms with E-state index in [1.165, 1.54) is 17.7 Å². The van der Waals surface area contributed by atoms with Crippen molar-refractivity contribution < 1.29 is 4.39 Å². The fourth-order valence-corrected chi connectivity index (χ4v) is 2.60. The van der Waals surface area contributed by atoms with Gasteiger partial charge in [0.05, 0.1) is 16.7 Å². The maximum atomic E-state index is 13.5. The van der Waals surface area contributed by atoms with Crippen molar-refractivity contribution in [2.45, 2.75) is 13.8 Å². The molecule has 0 aliphatic carbocycles. The molecule has 0 atom stereocenters. The van der Waals surface area contributed by atoms with Gasteiger partial charge in [-0.05, 0) is 55.4 Å². The molecule has 0 aliphatic heterocycles. The molecule has 0 spiro atoms. The fourth-order valence-electron chi connectivity index (χ4n) is 2.29. The molecule has 0 radical (unpaired) electrons. The lowest BCUT2D eigenvalue weighted by molar-refractivity contribution is 0.629. The average molecular weight is 272 g/mol. The van der Waals surface area contributed by atoms with Gasteiger partial charge in [-0.3, -0.25) is 4.57 Å². The molecule has 0 saturated carbocycles. The summed E-state index contributed by atoms with van der Waals surface area (Å²) in [6, 6.07) is 10.7. The van der Waals surface area contributed by atoms with E-state index in [1.807, 2.05) is 23.6 Å². The molecule has 0 bridgehead atoms. The first-order chi connectivity index (χ1) is 9.08. The van der Waals surface area contributed by atoms with Crippen molar-refractivity contribution >= 4 is 23.3 Å². The van der Waals surface area contributed by atoms with E-state index < -0.39 is 0 Å². The third kappa shape index (κ3) is 1.88. The summed E-state index contributed by atoms with van der Waals surface area (Å²) in [5, 5.41) is 0. The van der Waals surface area contributed by atoms with Crippen LogP contribution in [0, 0.1) is 24.4 Å². The summed E-state index contributed by atoms with van der Waals surface area (Å²) in [4.78, 5) is 3.11. The van der Waals surface area contributed by atoms with Gasteiger partial charge in [0, 0.05) is 6.07 Å². The van der Waals surface area contributed by atoms with Crippen LogP contribution in [0.15, 0.2) is 36.4 Å². The van der Waals surface area contributed by atoms with Crippen molar-refractivity contribution in [2.75, 3.05) is 0 Å². The van der Waals surface area contributed by atoms with Crippen LogP contribution in [0.2, 0.25) is 0 Å². The van der Waals surface area contributed by atoms with Crippen LogP contribution < -0.4 is 0 Å². The predicted octanol–water partition coefficient (Wildman–Crippen LogP) is 4.44. The summed E-state index contributed by atoms with van der Waals surface area (Å²) in [7, 11) is 0. The van der Waals surface area contributed by atoms with E-state index in [0.717, 1.165) is 22.3 Å². The minimum absolute atomic E-state index is 0.263. The Hall–Kier alpha value is -1.94. The van der Waals surface area contributed by atoms with Gasteiger partial charge in [0.25, 0.3) is 0 Å². The second-order valence-electron chi connectivity index (χ2n) is 4.65. The summed E-state index contributed by atoms with van der Waals surface area (Å²) in [5.74, 6) is -0.263. The SMILES string of the molecule is Cc1cccc(-n2c(=S)[nH]c3ccc(F)cc32)c1C. The molecule has 2 nitrogen and oxygen atoms in total. The number of halogens is 1. The zero-order chi connectivity index (χ0) is 13.6. The van der Waals surface area contributed by atoms with Crippen LogP contribution in [0.3, 0.4) is 0 Å². The Bertz CT molecular complexity index is 830. The first-order valence-corrected chi connectivity index (χ1v) is 6.45. The molecule has 96 valence electrons. The van der Waals surface area contributed by atoms with E-state index in [0.29, 0.717) is 4.77 Å². The Balaban J connectivity index is 2.42. The number of aromatic nitrogens is 2. The first kappa shape index (κ1) is 12.1. The Kier molecular flexibility index (Phi) is 2.75. The number of hydrogen-bond acceptors (Lipinski definition) is 1. The van der Waals surface area contributed by atoms with Gasteiger partial charge in [-0.15, -0.1) is 0 Å². The van der Waals surface area contributed by atoms with Crippen molar-refractivity contribution in [2.24, 2.45) is 0 Å². The second kappa shape index (κ2) is 4.31. The number of nitrogens with one attached hydrogen (secondary N) is 1. The van der Waals surface area contributed by atoms with E-state index in [4.69, 9.17) is 12.2 Å². The molecular weight excluding hydrogens is 259 g/mol. The number of nitrogens with zero attached hydrogens (tertiary/aromatic N) is 1. The van der Waals surface area contributed by atoms with Gasteiger partial charge in [0.2, 0.25) is 0 Å². The minimum Gasteiger partial charge on any atom is -0.330 e. The average Bonchev–Trinajstić information content (AvgIpc) is 2.69. The number of benzene rings is 2. The molecule has 3 rings (SSSR count). The highest BCUT2D eigenvalue weighted by Crippen LogP contribution is 2.24. The normalized spacial score (nSPS) is 11.1. The summed E-state index contributed by atoms with van der Waals surface area (Å²) in [5.41, 5.74) is 4.92. The predicted molar refractivity (Wildman–Crippen MR) is 77.9 cm³/mol. The number of imidazole rings is 1. The van der Waals surface area contributed by atoms with Gasteiger partial charge >= 0.3 is 0 Å². The van der Waals surface area contributed by atoms with Crippen molar-refractivity contribution in [1.82, 2.24) is 9.55 Å². The lowest BCUT2D eigenvalue weighted by atomic mass is 10.1. The van der Waals surface area contributed by atoms with Gasteiger partial charge in [-0.25, -0.2) is 4.39 Å². The molecule has 1 N–H and O–H groups in total. The highest BCUT2D eigenvalue weighted by molar-refractivity contribution is 7.71. The third-order valence-corrected chi connectivity index (χ3v) is 3.75. The molecule has 2 aromatic carbocycles. The molecular formula is C15H13FN2S. The molecule has 1 heterocycles. The molecule has 19 heavy (non-hydrogen) atoms. The maximum Gasteiger partial charge on any atom is 0.182 e. The van der Waals surface area contributed by atoms with E-state index in [2.05, 4.69) is 18.0 Å². The smallest absolute Gasteiger partial charge is 0.182 e. The number of rotatable bonds is 1. The van der Waals surface area contributed by atoms with Gasteiger partial charge < -0.3 is 4.98 Å². The van der Waals surface area contributed by atoms with Crippen LogP contribution in [0.25, 0.3) is 16.7 Å². The molecule has 0 fully saturated rings. The fraction of sp³-hybridized carbons (Fsp3) is 0.133. The Morgan fingerprint density at radius 2 is 1.95 bits per heavy atom. The summed E-state index contributed by atoms with van der Waals surface area (Å²) >= 11 is 5.37. The summed E-state index contributed by atoms with van der Waals surface area (Å²) in [6.07, 6.45) is 0. The largest absolute Gasteiger partial charge is 0.330 e. The quantitative estimate of drug-likeness (QED) is 0.649. The van der Waals surface area contributed by atoms with Crippen molar-refractivity contribution in [3.63, 3.8) is 0 Å². The summed E-state index contributed by atoms with van der Waals surface area (Å²) in [6.45, 7) is 4.10. The second-order valence-corrected chi connectivity index (χ2v) is 5.03. The Labute approximate surface area is 115 Å².